The van der Waals surface area contributed by atoms with Crippen LogP contribution in [0.2, 0.25) is 0 Å². The molecule has 1 aromatic heterocycles. The standard InChI is InChI=1S/C13H10BrN3O3/c1-16-11(18)8(7-15)12(17(2)13(16)19)20-10-6-4-3-5-9(10)14/h3-6H,1-2H3. The van der Waals surface area contributed by atoms with Crippen LogP contribution in [-0.2, 0) is 14.1 Å². The van der Waals surface area contributed by atoms with E-state index in [0.29, 0.717) is 10.2 Å². The number of nitriles is 1. The van der Waals surface area contributed by atoms with Crippen molar-refractivity contribution in [3.05, 3.63) is 55.1 Å². The molecule has 20 heavy (non-hydrogen) atoms. The highest BCUT2D eigenvalue weighted by atomic mass is 79.9. The second-order valence-corrected chi connectivity index (χ2v) is 4.88. The number of rotatable bonds is 2. The second-order valence-electron chi connectivity index (χ2n) is 4.03. The van der Waals surface area contributed by atoms with Crippen LogP contribution < -0.4 is 16.0 Å². The topological polar surface area (TPSA) is 77.0 Å². The van der Waals surface area contributed by atoms with Crippen LogP contribution in [0.1, 0.15) is 5.56 Å². The Balaban J connectivity index is 2.70. The highest BCUT2D eigenvalue weighted by molar-refractivity contribution is 9.10. The summed E-state index contributed by atoms with van der Waals surface area (Å²) in [5.74, 6) is 0.333. The summed E-state index contributed by atoms with van der Waals surface area (Å²) in [5.41, 5.74) is -1.46. The van der Waals surface area contributed by atoms with E-state index in [-0.39, 0.29) is 11.4 Å². The molecule has 1 aromatic carbocycles. The molecule has 0 aliphatic rings. The van der Waals surface area contributed by atoms with Gasteiger partial charge in [0.1, 0.15) is 11.8 Å². The van der Waals surface area contributed by atoms with Crippen LogP contribution in [0, 0.1) is 11.3 Å². The lowest BCUT2D eigenvalue weighted by Gasteiger charge is -2.13. The summed E-state index contributed by atoms with van der Waals surface area (Å²) in [6, 6.07) is 8.73. The molecule has 0 spiro atoms. The van der Waals surface area contributed by atoms with E-state index in [1.54, 1.807) is 30.3 Å². The molecule has 2 aromatic rings. The summed E-state index contributed by atoms with van der Waals surface area (Å²) in [5, 5.41) is 9.12. The fourth-order valence-corrected chi connectivity index (χ4v) is 2.04. The van der Waals surface area contributed by atoms with Gasteiger partial charge in [0, 0.05) is 14.1 Å². The Bertz CT molecular complexity index is 830. The summed E-state index contributed by atoms with van der Waals surface area (Å²) in [7, 11) is 2.75. The maximum absolute atomic E-state index is 11.9. The van der Waals surface area contributed by atoms with Crippen molar-refractivity contribution >= 4 is 15.9 Å². The predicted molar refractivity (Wildman–Crippen MR) is 75.9 cm³/mol. The first-order valence-corrected chi connectivity index (χ1v) is 6.39. The van der Waals surface area contributed by atoms with E-state index in [2.05, 4.69) is 15.9 Å². The number of halogens is 1. The third kappa shape index (κ3) is 2.26. The van der Waals surface area contributed by atoms with Gasteiger partial charge in [-0.3, -0.25) is 13.9 Å². The Labute approximate surface area is 122 Å². The monoisotopic (exact) mass is 335 g/mol. The van der Waals surface area contributed by atoms with Crippen molar-refractivity contribution in [2.45, 2.75) is 0 Å². The molecule has 0 fully saturated rings. The highest BCUT2D eigenvalue weighted by Crippen LogP contribution is 2.29. The quantitative estimate of drug-likeness (QED) is 0.833. The van der Waals surface area contributed by atoms with Crippen LogP contribution in [0.15, 0.2) is 38.3 Å². The van der Waals surface area contributed by atoms with Crippen molar-refractivity contribution in [3.63, 3.8) is 0 Å². The van der Waals surface area contributed by atoms with E-state index >= 15 is 0 Å². The Morgan fingerprint density at radius 3 is 2.45 bits per heavy atom. The molecule has 0 aliphatic heterocycles. The molecule has 0 saturated carbocycles. The molecular weight excluding hydrogens is 326 g/mol. The van der Waals surface area contributed by atoms with Crippen molar-refractivity contribution in [2.75, 3.05) is 0 Å². The van der Waals surface area contributed by atoms with E-state index in [1.807, 2.05) is 0 Å². The lowest BCUT2D eigenvalue weighted by atomic mass is 10.3. The third-order valence-electron chi connectivity index (χ3n) is 2.77. The molecule has 102 valence electrons. The summed E-state index contributed by atoms with van der Waals surface area (Å²) < 4.78 is 8.20. The molecule has 0 saturated heterocycles. The number of benzene rings is 1. The van der Waals surface area contributed by atoms with E-state index in [4.69, 9.17) is 10.00 Å². The molecule has 2 rings (SSSR count). The SMILES string of the molecule is Cn1c(Oc2ccccc2Br)c(C#N)c(=O)n(C)c1=O. The lowest BCUT2D eigenvalue weighted by Crippen LogP contribution is -2.38. The first kappa shape index (κ1) is 14.1. The average molecular weight is 336 g/mol. The van der Waals surface area contributed by atoms with Crippen LogP contribution in [0.5, 0.6) is 11.6 Å². The van der Waals surface area contributed by atoms with Gasteiger partial charge in [0.25, 0.3) is 5.56 Å². The number of nitrogens with zero attached hydrogens (tertiary/aromatic N) is 3. The zero-order valence-corrected chi connectivity index (χ0v) is 12.3. The Hall–Kier alpha value is -2.33. The van der Waals surface area contributed by atoms with Crippen molar-refractivity contribution in [3.8, 4) is 17.7 Å². The van der Waals surface area contributed by atoms with Gasteiger partial charge in [-0.05, 0) is 28.1 Å². The molecule has 0 atom stereocenters. The van der Waals surface area contributed by atoms with Crippen molar-refractivity contribution in [2.24, 2.45) is 14.1 Å². The van der Waals surface area contributed by atoms with Gasteiger partial charge in [0.15, 0.2) is 5.56 Å². The molecule has 1 heterocycles. The molecule has 0 unspecified atom stereocenters. The minimum Gasteiger partial charge on any atom is -0.438 e. The molecular formula is C13H10BrN3O3. The van der Waals surface area contributed by atoms with Gasteiger partial charge in [0.2, 0.25) is 5.88 Å². The lowest BCUT2D eigenvalue weighted by molar-refractivity contribution is 0.419. The highest BCUT2D eigenvalue weighted by Gasteiger charge is 2.18. The smallest absolute Gasteiger partial charge is 0.333 e. The van der Waals surface area contributed by atoms with Gasteiger partial charge in [-0.15, -0.1) is 0 Å². The van der Waals surface area contributed by atoms with Gasteiger partial charge >= 0.3 is 5.69 Å². The Morgan fingerprint density at radius 2 is 1.85 bits per heavy atom. The van der Waals surface area contributed by atoms with Crippen molar-refractivity contribution in [1.29, 1.82) is 5.26 Å². The zero-order valence-electron chi connectivity index (χ0n) is 10.8. The summed E-state index contributed by atoms with van der Waals surface area (Å²) in [6.07, 6.45) is 0. The minimum atomic E-state index is -0.683. The maximum atomic E-state index is 11.9. The average Bonchev–Trinajstić information content (AvgIpc) is 2.45. The minimum absolute atomic E-state index is 0.0764. The largest absolute Gasteiger partial charge is 0.438 e. The number of hydrogen-bond donors (Lipinski definition) is 0. The Morgan fingerprint density at radius 1 is 1.20 bits per heavy atom. The summed E-state index contributed by atoms with van der Waals surface area (Å²) in [4.78, 5) is 23.8. The van der Waals surface area contributed by atoms with Gasteiger partial charge < -0.3 is 4.74 Å². The predicted octanol–water partition coefficient (Wildman–Crippen LogP) is 1.51. The van der Waals surface area contributed by atoms with E-state index in [1.165, 1.54) is 14.1 Å². The van der Waals surface area contributed by atoms with E-state index in [0.717, 1.165) is 9.13 Å². The van der Waals surface area contributed by atoms with Gasteiger partial charge in [0.05, 0.1) is 4.47 Å². The van der Waals surface area contributed by atoms with E-state index in [9.17, 15) is 9.59 Å². The fraction of sp³-hybridized carbons (Fsp3) is 0.154. The molecule has 0 aliphatic carbocycles. The molecule has 0 radical (unpaired) electrons. The molecule has 7 heteroatoms. The summed E-state index contributed by atoms with van der Waals surface area (Å²) in [6.45, 7) is 0. The molecule has 0 N–H and O–H groups in total. The van der Waals surface area contributed by atoms with Crippen LogP contribution in [0.25, 0.3) is 0 Å². The van der Waals surface area contributed by atoms with Crippen LogP contribution in [0.3, 0.4) is 0 Å². The van der Waals surface area contributed by atoms with Gasteiger partial charge in [-0.2, -0.15) is 5.26 Å². The second kappa shape index (κ2) is 5.35. The molecule has 0 amide bonds. The normalized spacial score (nSPS) is 10.1. The number of hydrogen-bond acceptors (Lipinski definition) is 4. The van der Waals surface area contributed by atoms with Crippen molar-refractivity contribution < 1.29 is 4.74 Å². The number of para-hydroxylation sites is 1. The third-order valence-corrected chi connectivity index (χ3v) is 3.42. The maximum Gasteiger partial charge on any atom is 0.333 e. The number of ether oxygens (including phenoxy) is 1. The summed E-state index contributed by atoms with van der Waals surface area (Å²) >= 11 is 3.30. The zero-order chi connectivity index (χ0) is 14.9. The first-order valence-electron chi connectivity index (χ1n) is 5.60. The van der Waals surface area contributed by atoms with E-state index < -0.39 is 11.2 Å². The van der Waals surface area contributed by atoms with Crippen LogP contribution >= 0.6 is 15.9 Å². The van der Waals surface area contributed by atoms with Crippen molar-refractivity contribution in [1.82, 2.24) is 9.13 Å². The number of aromatic nitrogens is 2. The van der Waals surface area contributed by atoms with Gasteiger partial charge in [-0.1, -0.05) is 12.1 Å². The van der Waals surface area contributed by atoms with Crippen LogP contribution in [-0.4, -0.2) is 9.13 Å². The Kier molecular flexibility index (Phi) is 3.77. The fourth-order valence-electron chi connectivity index (χ4n) is 1.67. The first-order chi connectivity index (χ1) is 9.47. The molecule has 6 nitrogen and oxygen atoms in total. The van der Waals surface area contributed by atoms with Gasteiger partial charge in [-0.25, -0.2) is 4.79 Å². The van der Waals surface area contributed by atoms with Crippen LogP contribution in [0.4, 0.5) is 0 Å². The molecule has 0 bridgehead atoms.